The summed E-state index contributed by atoms with van der Waals surface area (Å²) in [6.07, 6.45) is 3.21. The summed E-state index contributed by atoms with van der Waals surface area (Å²) in [6, 6.07) is 9.57. The second kappa shape index (κ2) is 6.28. The van der Waals surface area contributed by atoms with Crippen LogP contribution in [0.25, 0.3) is 0 Å². The Bertz CT molecular complexity index is 980. The maximum Gasteiger partial charge on any atom is 0.255 e. The number of tetrazole rings is 1. The first-order chi connectivity index (χ1) is 12.6. The number of rotatable bonds is 3. The average molecular weight is 349 g/mol. The van der Waals surface area contributed by atoms with Crippen LogP contribution in [0.5, 0.6) is 5.75 Å². The van der Waals surface area contributed by atoms with Crippen LogP contribution < -0.4 is 10.6 Å². The van der Waals surface area contributed by atoms with Crippen LogP contribution in [0.2, 0.25) is 0 Å². The summed E-state index contributed by atoms with van der Waals surface area (Å²) in [5.74, 6) is 0.294. The van der Waals surface area contributed by atoms with Crippen molar-refractivity contribution in [3.8, 4) is 5.75 Å². The van der Waals surface area contributed by atoms with Crippen molar-refractivity contribution in [1.82, 2.24) is 25.2 Å². The van der Waals surface area contributed by atoms with Gasteiger partial charge in [0.15, 0.2) is 0 Å². The van der Waals surface area contributed by atoms with E-state index in [1.165, 1.54) is 4.68 Å². The molecule has 0 aliphatic carbocycles. The Hall–Kier alpha value is -3.75. The molecule has 4 rings (SSSR count). The van der Waals surface area contributed by atoms with Gasteiger partial charge >= 0.3 is 0 Å². The minimum atomic E-state index is -0.529. The van der Waals surface area contributed by atoms with E-state index >= 15 is 0 Å². The van der Waals surface area contributed by atoms with Crippen LogP contribution in [-0.2, 0) is 4.79 Å². The predicted molar refractivity (Wildman–Crippen MR) is 93.3 cm³/mol. The SMILES string of the molecule is CC1=C(C(=O)Nc2cccnc2)C(c2ccc(O)cc2)n2nnnc2N1. The van der Waals surface area contributed by atoms with E-state index in [9.17, 15) is 9.90 Å². The van der Waals surface area contributed by atoms with E-state index in [1.54, 1.807) is 55.7 Å². The van der Waals surface area contributed by atoms with Gasteiger partial charge in [0.25, 0.3) is 5.91 Å². The van der Waals surface area contributed by atoms with Gasteiger partial charge in [0.05, 0.1) is 17.5 Å². The summed E-state index contributed by atoms with van der Waals surface area (Å²) in [5.41, 5.74) is 2.48. The molecule has 3 heterocycles. The Labute approximate surface area is 148 Å². The lowest BCUT2D eigenvalue weighted by atomic mass is 9.95. The minimum absolute atomic E-state index is 0.140. The summed E-state index contributed by atoms with van der Waals surface area (Å²) in [7, 11) is 0. The molecule has 1 amide bonds. The number of hydrogen-bond acceptors (Lipinski definition) is 7. The molecule has 0 radical (unpaired) electrons. The van der Waals surface area contributed by atoms with Crippen LogP contribution in [-0.4, -0.2) is 36.2 Å². The van der Waals surface area contributed by atoms with Crippen LogP contribution in [0.15, 0.2) is 60.1 Å². The van der Waals surface area contributed by atoms with Gasteiger partial charge in [-0.15, -0.1) is 0 Å². The molecule has 1 aliphatic heterocycles. The number of phenolic OH excluding ortho intramolecular Hbond substituents is 1. The van der Waals surface area contributed by atoms with Gasteiger partial charge < -0.3 is 15.7 Å². The minimum Gasteiger partial charge on any atom is -0.508 e. The summed E-state index contributed by atoms with van der Waals surface area (Å²) < 4.78 is 1.54. The third-order valence-corrected chi connectivity index (χ3v) is 4.09. The highest BCUT2D eigenvalue weighted by Crippen LogP contribution is 2.35. The zero-order chi connectivity index (χ0) is 18.1. The molecule has 0 saturated carbocycles. The smallest absolute Gasteiger partial charge is 0.255 e. The number of phenols is 1. The maximum atomic E-state index is 13.0. The number of fused-ring (bicyclic) bond motifs is 1. The molecule has 0 spiro atoms. The summed E-state index contributed by atoms with van der Waals surface area (Å²) in [5, 5.41) is 27.1. The number of carbonyl (C=O) groups is 1. The van der Waals surface area contributed by atoms with Crippen molar-refractivity contribution in [1.29, 1.82) is 0 Å². The molecule has 2 aromatic heterocycles. The summed E-state index contributed by atoms with van der Waals surface area (Å²) in [4.78, 5) is 17.0. The van der Waals surface area contributed by atoms with Crippen molar-refractivity contribution in [2.24, 2.45) is 0 Å². The van der Waals surface area contributed by atoms with Gasteiger partial charge in [0, 0.05) is 11.9 Å². The van der Waals surface area contributed by atoms with Gasteiger partial charge in [0.1, 0.15) is 11.8 Å². The Balaban J connectivity index is 1.77. The fraction of sp³-hybridized carbons (Fsp3) is 0.118. The third-order valence-electron chi connectivity index (χ3n) is 4.09. The van der Waals surface area contributed by atoms with Gasteiger partial charge in [0.2, 0.25) is 5.95 Å². The molecule has 9 heteroatoms. The van der Waals surface area contributed by atoms with Crippen molar-refractivity contribution in [2.75, 3.05) is 10.6 Å². The molecule has 1 unspecified atom stereocenters. The van der Waals surface area contributed by atoms with E-state index in [1.807, 2.05) is 0 Å². The molecule has 3 aromatic rings. The molecule has 130 valence electrons. The molecule has 0 saturated heterocycles. The summed E-state index contributed by atoms with van der Waals surface area (Å²) >= 11 is 0. The van der Waals surface area contributed by atoms with Crippen LogP contribution in [0.3, 0.4) is 0 Å². The Morgan fingerprint density at radius 2 is 2.08 bits per heavy atom. The molecule has 3 N–H and O–H groups in total. The van der Waals surface area contributed by atoms with Gasteiger partial charge in [-0.05, 0) is 47.2 Å². The summed E-state index contributed by atoms with van der Waals surface area (Å²) in [6.45, 7) is 1.80. The monoisotopic (exact) mass is 349 g/mol. The van der Waals surface area contributed by atoms with Gasteiger partial charge in [-0.1, -0.05) is 17.2 Å². The predicted octanol–water partition coefficient (Wildman–Crippen LogP) is 1.70. The standard InChI is InChI=1S/C17H15N7O2/c1-10-14(16(26)20-12-3-2-8-18-9-12)15(11-4-6-13(25)7-5-11)24-17(19-10)21-22-23-24/h2-9,15,25H,1H3,(H,20,26)(H,19,21,23). The highest BCUT2D eigenvalue weighted by atomic mass is 16.3. The zero-order valence-electron chi connectivity index (χ0n) is 13.8. The third kappa shape index (κ3) is 2.75. The fourth-order valence-electron chi connectivity index (χ4n) is 2.91. The van der Waals surface area contributed by atoms with Gasteiger partial charge in [-0.3, -0.25) is 9.78 Å². The van der Waals surface area contributed by atoms with E-state index in [2.05, 4.69) is 31.1 Å². The molecule has 0 bridgehead atoms. The lowest BCUT2D eigenvalue weighted by Crippen LogP contribution is -2.31. The van der Waals surface area contributed by atoms with Crippen molar-refractivity contribution in [2.45, 2.75) is 13.0 Å². The number of amides is 1. The largest absolute Gasteiger partial charge is 0.508 e. The van der Waals surface area contributed by atoms with Crippen LogP contribution in [0.1, 0.15) is 18.5 Å². The molecular weight excluding hydrogens is 334 g/mol. The maximum absolute atomic E-state index is 13.0. The number of pyridine rings is 1. The van der Waals surface area contributed by atoms with E-state index in [-0.39, 0.29) is 11.7 Å². The van der Waals surface area contributed by atoms with E-state index in [0.717, 1.165) is 5.56 Å². The number of carbonyl (C=O) groups excluding carboxylic acids is 1. The number of aromatic hydroxyl groups is 1. The number of anilines is 2. The van der Waals surface area contributed by atoms with Crippen molar-refractivity contribution < 1.29 is 9.90 Å². The van der Waals surface area contributed by atoms with Crippen molar-refractivity contribution in [3.63, 3.8) is 0 Å². The van der Waals surface area contributed by atoms with Crippen molar-refractivity contribution in [3.05, 3.63) is 65.6 Å². The lowest BCUT2D eigenvalue weighted by molar-refractivity contribution is -0.113. The topological polar surface area (TPSA) is 118 Å². The van der Waals surface area contributed by atoms with Crippen LogP contribution in [0, 0.1) is 0 Å². The lowest BCUT2D eigenvalue weighted by Gasteiger charge is -2.27. The number of nitrogens with one attached hydrogen (secondary N) is 2. The van der Waals surface area contributed by atoms with Crippen molar-refractivity contribution >= 4 is 17.5 Å². The second-order valence-corrected chi connectivity index (χ2v) is 5.80. The van der Waals surface area contributed by atoms with Crippen LogP contribution in [0.4, 0.5) is 11.6 Å². The Morgan fingerprint density at radius 1 is 1.27 bits per heavy atom. The highest BCUT2D eigenvalue weighted by Gasteiger charge is 2.34. The molecule has 1 aliphatic rings. The van der Waals surface area contributed by atoms with E-state index in [0.29, 0.717) is 22.9 Å². The fourth-order valence-corrected chi connectivity index (χ4v) is 2.91. The zero-order valence-corrected chi connectivity index (χ0v) is 13.8. The molecule has 1 aromatic carbocycles. The molecule has 0 fully saturated rings. The Kier molecular flexibility index (Phi) is 3.81. The van der Waals surface area contributed by atoms with Gasteiger partial charge in [-0.2, -0.15) is 4.68 Å². The Morgan fingerprint density at radius 3 is 2.81 bits per heavy atom. The van der Waals surface area contributed by atoms with Crippen LogP contribution >= 0.6 is 0 Å². The molecule has 9 nitrogen and oxygen atoms in total. The first kappa shape index (κ1) is 15.8. The molecular formula is C17H15N7O2. The first-order valence-corrected chi connectivity index (χ1v) is 7.89. The number of allylic oxidation sites excluding steroid dienone is 1. The quantitative estimate of drug-likeness (QED) is 0.658. The normalized spacial score (nSPS) is 16.0. The number of benzene rings is 1. The number of hydrogen-bond donors (Lipinski definition) is 3. The molecule has 1 atom stereocenters. The number of nitrogens with zero attached hydrogens (tertiary/aromatic N) is 5. The van der Waals surface area contributed by atoms with Gasteiger partial charge in [-0.25, -0.2) is 0 Å². The van der Waals surface area contributed by atoms with E-state index in [4.69, 9.17) is 0 Å². The van der Waals surface area contributed by atoms with E-state index < -0.39 is 6.04 Å². The highest BCUT2D eigenvalue weighted by molar-refractivity contribution is 6.05. The molecule has 26 heavy (non-hydrogen) atoms. The second-order valence-electron chi connectivity index (χ2n) is 5.80. The number of aromatic nitrogens is 5. The average Bonchev–Trinajstić information content (AvgIpc) is 3.10. The first-order valence-electron chi connectivity index (χ1n) is 7.89.